The van der Waals surface area contributed by atoms with Crippen molar-refractivity contribution in [1.29, 1.82) is 0 Å². The molecule has 0 aliphatic carbocycles. The van der Waals surface area contributed by atoms with E-state index in [2.05, 4.69) is 10.1 Å². The van der Waals surface area contributed by atoms with Crippen LogP contribution in [0.2, 0.25) is 0 Å². The van der Waals surface area contributed by atoms with E-state index in [1.807, 2.05) is 0 Å². The van der Waals surface area contributed by atoms with Crippen molar-refractivity contribution in [3.05, 3.63) is 23.7 Å². The quantitative estimate of drug-likeness (QED) is 0.760. The first-order valence-electron chi connectivity index (χ1n) is 5.12. The topological polar surface area (TPSA) is 60.7 Å². The molecule has 0 atom stereocenters. The zero-order valence-corrected chi connectivity index (χ0v) is 9.41. The smallest absolute Gasteiger partial charge is 0.373 e. The van der Waals surface area contributed by atoms with Crippen LogP contribution in [0, 0.1) is 0 Å². The van der Waals surface area contributed by atoms with Crippen LogP contribution in [0.4, 0.5) is 0 Å². The normalized spacial score (nSPS) is 17.9. The number of methoxy groups -OCH3 is 2. The maximum absolute atomic E-state index is 11.2. The summed E-state index contributed by atoms with van der Waals surface area (Å²) in [6.45, 7) is 1.61. The lowest BCUT2D eigenvalue weighted by Gasteiger charge is -2.40. The van der Waals surface area contributed by atoms with Gasteiger partial charge in [-0.15, -0.1) is 0 Å². The van der Waals surface area contributed by atoms with Gasteiger partial charge >= 0.3 is 5.97 Å². The van der Waals surface area contributed by atoms with E-state index < -0.39 is 5.97 Å². The molecule has 1 aromatic heterocycles. The Morgan fingerprint density at radius 3 is 2.75 bits per heavy atom. The minimum atomic E-state index is -0.454. The fourth-order valence-electron chi connectivity index (χ4n) is 1.75. The molecule has 0 radical (unpaired) electrons. The second-order valence-corrected chi connectivity index (χ2v) is 3.93. The standard InChI is InChI=1S/C11H15NO4/c1-14-10(13)9-4-3-8(16-9)5-11(15-2)6-12-7-11/h3-4,12H,5-7H2,1-2H3. The number of esters is 1. The van der Waals surface area contributed by atoms with Crippen molar-refractivity contribution in [2.24, 2.45) is 0 Å². The fraction of sp³-hybridized carbons (Fsp3) is 0.545. The van der Waals surface area contributed by atoms with E-state index in [-0.39, 0.29) is 11.4 Å². The molecule has 0 amide bonds. The SMILES string of the molecule is COC(=O)c1ccc(CC2(OC)CNC2)o1. The first-order chi connectivity index (χ1) is 7.69. The molecule has 2 heterocycles. The van der Waals surface area contributed by atoms with Crippen LogP contribution in [0.25, 0.3) is 0 Å². The Kier molecular flexibility index (Phi) is 2.98. The largest absolute Gasteiger partial charge is 0.463 e. The van der Waals surface area contributed by atoms with Crippen molar-refractivity contribution < 1.29 is 18.7 Å². The first kappa shape index (κ1) is 11.2. The maximum Gasteiger partial charge on any atom is 0.373 e. The number of hydrogen-bond acceptors (Lipinski definition) is 5. The van der Waals surface area contributed by atoms with Crippen LogP contribution in [0.5, 0.6) is 0 Å². The summed E-state index contributed by atoms with van der Waals surface area (Å²) >= 11 is 0. The van der Waals surface area contributed by atoms with E-state index in [1.54, 1.807) is 19.2 Å². The summed E-state index contributed by atoms with van der Waals surface area (Å²) in [5.41, 5.74) is -0.189. The molecular formula is C11H15NO4. The van der Waals surface area contributed by atoms with E-state index in [0.29, 0.717) is 6.42 Å². The zero-order chi connectivity index (χ0) is 11.6. The van der Waals surface area contributed by atoms with Crippen LogP contribution in [0.3, 0.4) is 0 Å². The molecule has 88 valence electrons. The summed E-state index contributed by atoms with van der Waals surface area (Å²) in [7, 11) is 3.02. The number of furan rings is 1. The summed E-state index contributed by atoms with van der Waals surface area (Å²) in [5, 5.41) is 3.16. The molecule has 0 bridgehead atoms. The summed E-state index contributed by atoms with van der Waals surface area (Å²) in [6, 6.07) is 3.40. The lowest BCUT2D eigenvalue weighted by atomic mass is 9.91. The average Bonchev–Trinajstić information content (AvgIpc) is 2.70. The highest BCUT2D eigenvalue weighted by Gasteiger charge is 2.38. The van der Waals surface area contributed by atoms with Crippen LogP contribution in [0.15, 0.2) is 16.5 Å². The molecule has 1 aliphatic heterocycles. The van der Waals surface area contributed by atoms with Gasteiger partial charge in [0, 0.05) is 26.6 Å². The molecule has 0 unspecified atom stereocenters. The third kappa shape index (κ3) is 1.96. The molecule has 1 N–H and O–H groups in total. The van der Waals surface area contributed by atoms with E-state index in [4.69, 9.17) is 9.15 Å². The highest BCUT2D eigenvalue weighted by Crippen LogP contribution is 2.23. The Bertz CT molecular complexity index is 376. The molecule has 1 fully saturated rings. The van der Waals surface area contributed by atoms with Crippen molar-refractivity contribution >= 4 is 5.97 Å². The van der Waals surface area contributed by atoms with E-state index >= 15 is 0 Å². The van der Waals surface area contributed by atoms with Gasteiger partial charge in [0.05, 0.1) is 12.7 Å². The summed E-state index contributed by atoms with van der Waals surface area (Å²) in [6.07, 6.45) is 0.660. The number of hydrogen-bond donors (Lipinski definition) is 1. The fourth-order valence-corrected chi connectivity index (χ4v) is 1.75. The number of rotatable bonds is 4. The maximum atomic E-state index is 11.2. The molecule has 5 nitrogen and oxygen atoms in total. The molecule has 0 saturated carbocycles. The summed E-state index contributed by atoms with van der Waals surface area (Å²) in [4.78, 5) is 11.2. The predicted octanol–water partition coefficient (Wildman–Crippen LogP) is 0.597. The second-order valence-electron chi connectivity index (χ2n) is 3.93. The van der Waals surface area contributed by atoms with Gasteiger partial charge in [0.25, 0.3) is 0 Å². The molecule has 1 saturated heterocycles. The molecule has 2 rings (SSSR count). The van der Waals surface area contributed by atoms with Gasteiger partial charge in [0.15, 0.2) is 0 Å². The minimum Gasteiger partial charge on any atom is -0.463 e. The van der Waals surface area contributed by atoms with Crippen LogP contribution < -0.4 is 5.32 Å². The van der Waals surface area contributed by atoms with Gasteiger partial charge in [0.1, 0.15) is 5.76 Å². The first-order valence-corrected chi connectivity index (χ1v) is 5.12. The van der Waals surface area contributed by atoms with Crippen LogP contribution >= 0.6 is 0 Å². The zero-order valence-electron chi connectivity index (χ0n) is 9.41. The highest BCUT2D eigenvalue weighted by molar-refractivity contribution is 5.86. The Balaban J connectivity index is 2.05. The molecule has 0 aromatic carbocycles. The lowest BCUT2D eigenvalue weighted by molar-refractivity contribution is -0.0534. The van der Waals surface area contributed by atoms with Gasteiger partial charge in [-0.2, -0.15) is 0 Å². The Morgan fingerprint density at radius 1 is 1.50 bits per heavy atom. The number of carbonyl (C=O) groups is 1. The van der Waals surface area contributed by atoms with Gasteiger partial charge in [-0.05, 0) is 12.1 Å². The monoisotopic (exact) mass is 225 g/mol. The van der Waals surface area contributed by atoms with Crippen molar-refractivity contribution in [2.75, 3.05) is 27.3 Å². The van der Waals surface area contributed by atoms with Crippen LogP contribution in [0.1, 0.15) is 16.3 Å². The Labute approximate surface area is 93.7 Å². The number of nitrogens with one attached hydrogen (secondary N) is 1. The summed E-state index contributed by atoms with van der Waals surface area (Å²) < 4.78 is 15.4. The van der Waals surface area contributed by atoms with Crippen molar-refractivity contribution in [3.8, 4) is 0 Å². The van der Waals surface area contributed by atoms with Crippen molar-refractivity contribution in [3.63, 3.8) is 0 Å². The third-order valence-electron chi connectivity index (χ3n) is 2.87. The number of ether oxygens (including phenoxy) is 2. The molecular weight excluding hydrogens is 210 g/mol. The lowest BCUT2D eigenvalue weighted by Crippen LogP contribution is -2.61. The highest BCUT2D eigenvalue weighted by atomic mass is 16.5. The third-order valence-corrected chi connectivity index (χ3v) is 2.87. The van der Waals surface area contributed by atoms with Gasteiger partial charge < -0.3 is 19.2 Å². The van der Waals surface area contributed by atoms with E-state index in [1.165, 1.54) is 7.11 Å². The van der Waals surface area contributed by atoms with Crippen LogP contribution in [-0.2, 0) is 15.9 Å². The van der Waals surface area contributed by atoms with Gasteiger partial charge in [-0.3, -0.25) is 0 Å². The van der Waals surface area contributed by atoms with Gasteiger partial charge in [-0.1, -0.05) is 0 Å². The second kappa shape index (κ2) is 4.27. The Hall–Kier alpha value is -1.33. The van der Waals surface area contributed by atoms with E-state index in [9.17, 15) is 4.79 Å². The van der Waals surface area contributed by atoms with Crippen molar-refractivity contribution in [2.45, 2.75) is 12.0 Å². The minimum absolute atomic E-state index is 0.189. The van der Waals surface area contributed by atoms with Crippen molar-refractivity contribution in [1.82, 2.24) is 5.32 Å². The molecule has 16 heavy (non-hydrogen) atoms. The molecule has 0 spiro atoms. The molecule has 1 aromatic rings. The average molecular weight is 225 g/mol. The van der Waals surface area contributed by atoms with Crippen LogP contribution in [-0.4, -0.2) is 38.9 Å². The molecule has 5 heteroatoms. The van der Waals surface area contributed by atoms with E-state index in [0.717, 1.165) is 18.8 Å². The molecule has 1 aliphatic rings. The Morgan fingerprint density at radius 2 is 2.25 bits per heavy atom. The van der Waals surface area contributed by atoms with Gasteiger partial charge in [0.2, 0.25) is 5.76 Å². The predicted molar refractivity (Wildman–Crippen MR) is 56.4 cm³/mol. The summed E-state index contributed by atoms with van der Waals surface area (Å²) in [5.74, 6) is 0.518. The van der Waals surface area contributed by atoms with Gasteiger partial charge in [-0.25, -0.2) is 4.79 Å². The number of carbonyl (C=O) groups excluding carboxylic acids is 1.